The van der Waals surface area contributed by atoms with Crippen LogP contribution in [-0.2, 0) is 30.5 Å². The van der Waals surface area contributed by atoms with Crippen LogP contribution in [0.15, 0.2) is 78.1 Å². The molecule has 2 fully saturated rings. The van der Waals surface area contributed by atoms with Gasteiger partial charge < -0.3 is 19.4 Å². The molecule has 0 bridgehead atoms. The van der Waals surface area contributed by atoms with E-state index < -0.39 is 24.2 Å². The van der Waals surface area contributed by atoms with Crippen molar-refractivity contribution >= 4 is 23.9 Å². The number of carbonyl (C=O) groups is 3. The zero-order chi connectivity index (χ0) is 21.8. The number of nitrogens with zero attached hydrogens (tertiary/aromatic N) is 1. The van der Waals surface area contributed by atoms with Crippen LogP contribution in [0.25, 0.3) is 6.08 Å². The van der Waals surface area contributed by atoms with Gasteiger partial charge >= 0.3 is 5.97 Å². The molecule has 0 spiro atoms. The molecule has 0 saturated carbocycles. The molecule has 158 valence electrons. The Kier molecular flexibility index (Phi) is 5.84. The largest absolute Gasteiger partial charge is 0.545 e. The van der Waals surface area contributed by atoms with Crippen molar-refractivity contribution in [3.05, 3.63) is 89.2 Å². The number of fused-ring (bicyclic) bond motifs is 1. The highest BCUT2D eigenvalue weighted by Gasteiger charge is 2.55. The Morgan fingerprint density at radius 3 is 2.42 bits per heavy atom. The first-order chi connectivity index (χ1) is 15.0. The van der Waals surface area contributed by atoms with Crippen LogP contribution >= 0.6 is 0 Å². The number of carboxylic acids is 1. The van der Waals surface area contributed by atoms with Crippen LogP contribution in [-0.4, -0.2) is 35.0 Å². The van der Waals surface area contributed by atoms with Gasteiger partial charge in [0.15, 0.2) is 12.3 Å². The number of esters is 1. The molecular formula is C24H20NO6-. The van der Waals surface area contributed by atoms with Gasteiger partial charge in [0.05, 0.1) is 12.4 Å². The van der Waals surface area contributed by atoms with Crippen molar-refractivity contribution in [2.75, 3.05) is 0 Å². The van der Waals surface area contributed by atoms with Gasteiger partial charge in [0.25, 0.3) is 0 Å². The number of β-lactam (4-membered cyclic amide) rings is 1. The van der Waals surface area contributed by atoms with Gasteiger partial charge in [-0.05, 0) is 17.5 Å². The molecule has 0 aromatic heterocycles. The number of amides is 1. The maximum atomic E-state index is 12.8. The fourth-order valence-electron chi connectivity index (χ4n) is 3.57. The highest BCUT2D eigenvalue weighted by Crippen LogP contribution is 2.39. The van der Waals surface area contributed by atoms with E-state index in [-0.39, 0.29) is 36.7 Å². The van der Waals surface area contributed by atoms with Crippen LogP contribution in [0.2, 0.25) is 0 Å². The molecule has 31 heavy (non-hydrogen) atoms. The second-order valence-electron chi connectivity index (χ2n) is 7.22. The molecule has 2 aliphatic rings. The van der Waals surface area contributed by atoms with Crippen molar-refractivity contribution in [1.82, 2.24) is 4.90 Å². The molecule has 1 unspecified atom stereocenters. The Bertz CT molecular complexity index is 1040. The lowest BCUT2D eigenvalue weighted by Crippen LogP contribution is -2.55. The quantitative estimate of drug-likeness (QED) is 0.387. The molecule has 0 N–H and O–H groups in total. The molecule has 7 nitrogen and oxygen atoms in total. The Hall–Kier alpha value is -3.87. The average Bonchev–Trinajstić information content (AvgIpc) is 3.08. The van der Waals surface area contributed by atoms with E-state index in [2.05, 4.69) is 0 Å². The smallest absolute Gasteiger partial charge is 0.337 e. The van der Waals surface area contributed by atoms with E-state index in [1.807, 2.05) is 48.5 Å². The minimum Gasteiger partial charge on any atom is -0.545 e. The summed E-state index contributed by atoms with van der Waals surface area (Å²) in [4.78, 5) is 38.0. The van der Waals surface area contributed by atoms with Crippen molar-refractivity contribution in [1.29, 1.82) is 0 Å². The van der Waals surface area contributed by atoms with E-state index in [0.717, 1.165) is 11.1 Å². The number of rotatable bonds is 7. The van der Waals surface area contributed by atoms with Gasteiger partial charge in [0.2, 0.25) is 5.91 Å². The van der Waals surface area contributed by atoms with Gasteiger partial charge in [-0.3, -0.25) is 9.69 Å². The molecule has 2 saturated heterocycles. The molecule has 0 radical (unpaired) electrons. The van der Waals surface area contributed by atoms with E-state index in [0.29, 0.717) is 0 Å². The van der Waals surface area contributed by atoms with E-state index in [1.165, 1.54) is 4.90 Å². The number of hydrogen-bond donors (Lipinski definition) is 0. The van der Waals surface area contributed by atoms with Crippen LogP contribution < -0.4 is 5.11 Å². The van der Waals surface area contributed by atoms with Crippen molar-refractivity contribution in [3.8, 4) is 0 Å². The molecular weight excluding hydrogens is 398 g/mol. The third-order valence-electron chi connectivity index (χ3n) is 5.16. The lowest BCUT2D eigenvalue weighted by molar-refractivity contribution is -0.299. The first-order valence-electron chi connectivity index (χ1n) is 9.89. The minimum absolute atomic E-state index is 0.00468. The van der Waals surface area contributed by atoms with Crippen LogP contribution in [0.4, 0.5) is 0 Å². The van der Waals surface area contributed by atoms with E-state index in [4.69, 9.17) is 9.47 Å². The lowest BCUT2D eigenvalue weighted by atomic mass is 10.0. The molecule has 2 aromatic carbocycles. The van der Waals surface area contributed by atoms with Crippen LogP contribution in [0.1, 0.15) is 24.0 Å². The summed E-state index contributed by atoms with van der Waals surface area (Å²) >= 11 is 0. The molecule has 0 aliphatic carbocycles. The number of benzene rings is 2. The summed E-state index contributed by atoms with van der Waals surface area (Å²) in [6.45, 7) is 0.00468. The van der Waals surface area contributed by atoms with Gasteiger partial charge in [-0.25, -0.2) is 4.79 Å². The van der Waals surface area contributed by atoms with Crippen molar-refractivity contribution in [2.45, 2.75) is 31.7 Å². The molecule has 7 heteroatoms. The van der Waals surface area contributed by atoms with Gasteiger partial charge in [-0.15, -0.1) is 0 Å². The number of hydrogen-bond acceptors (Lipinski definition) is 6. The topological polar surface area (TPSA) is 96.0 Å². The molecule has 2 aromatic rings. The van der Waals surface area contributed by atoms with E-state index >= 15 is 0 Å². The lowest BCUT2D eigenvalue weighted by Gasteiger charge is -2.33. The number of allylic oxidation sites excluding steroid dienone is 1. The molecule has 2 aliphatic heterocycles. The number of carbonyl (C=O) groups excluding carboxylic acids is 3. The summed E-state index contributed by atoms with van der Waals surface area (Å²) in [6.07, 6.45) is 2.82. The molecule has 2 heterocycles. The van der Waals surface area contributed by atoms with Gasteiger partial charge in [-0.2, -0.15) is 0 Å². The number of aliphatic carboxylic acids is 1. The standard InChI is InChI=1S/C24H21NO6/c26-19-14-20-25(19)21(24(29)30-15-17-10-5-2-6-11-17)22(31-20)18(23(27)28)13-7-12-16-8-3-1-4-9-16/h1-12,20-21H,13-15H2,(H,27,28)/p-1/b12-7+,22-18+/t20-,21?/m1/s1. The second-order valence-corrected chi connectivity index (χ2v) is 7.22. The van der Waals surface area contributed by atoms with Crippen molar-refractivity contribution in [3.63, 3.8) is 0 Å². The van der Waals surface area contributed by atoms with Crippen LogP contribution in [0, 0.1) is 0 Å². The minimum atomic E-state index is -1.46. The summed E-state index contributed by atoms with van der Waals surface area (Å²) in [6, 6.07) is 17.2. The second kappa shape index (κ2) is 8.87. The number of carboxylic acid groups (broad SMARTS) is 1. The monoisotopic (exact) mass is 418 g/mol. The highest BCUT2D eigenvalue weighted by molar-refractivity contribution is 5.95. The zero-order valence-electron chi connectivity index (χ0n) is 16.6. The van der Waals surface area contributed by atoms with Gasteiger partial charge in [0.1, 0.15) is 12.4 Å². The maximum absolute atomic E-state index is 12.8. The Balaban J connectivity index is 1.57. The molecule has 1 amide bonds. The third-order valence-corrected chi connectivity index (χ3v) is 5.16. The summed E-state index contributed by atoms with van der Waals surface area (Å²) < 4.78 is 11.0. The van der Waals surface area contributed by atoms with Crippen molar-refractivity contribution in [2.24, 2.45) is 0 Å². The first-order valence-corrected chi connectivity index (χ1v) is 9.89. The van der Waals surface area contributed by atoms with Crippen LogP contribution in [0.5, 0.6) is 0 Å². The van der Waals surface area contributed by atoms with Crippen LogP contribution in [0.3, 0.4) is 0 Å². The predicted octanol–water partition coefficient (Wildman–Crippen LogP) is 1.79. The summed E-state index contributed by atoms with van der Waals surface area (Å²) in [7, 11) is 0. The molecule has 2 atom stereocenters. The number of ether oxygens (including phenoxy) is 2. The zero-order valence-corrected chi connectivity index (χ0v) is 16.6. The summed E-state index contributed by atoms with van der Waals surface area (Å²) in [5, 5.41) is 11.9. The Morgan fingerprint density at radius 1 is 1.10 bits per heavy atom. The fraction of sp³-hybridized carbons (Fsp3) is 0.208. The molecule has 4 rings (SSSR count). The highest BCUT2D eigenvalue weighted by atomic mass is 16.6. The van der Waals surface area contributed by atoms with Crippen molar-refractivity contribution < 1.29 is 29.0 Å². The third kappa shape index (κ3) is 4.35. The Labute approximate surface area is 179 Å². The normalized spacial score (nSPS) is 21.3. The van der Waals surface area contributed by atoms with E-state index in [1.54, 1.807) is 24.3 Å². The summed E-state index contributed by atoms with van der Waals surface area (Å²) in [5.74, 6) is -2.57. The fourth-order valence-corrected chi connectivity index (χ4v) is 3.57. The first kappa shape index (κ1) is 20.4. The maximum Gasteiger partial charge on any atom is 0.337 e. The van der Waals surface area contributed by atoms with E-state index in [9.17, 15) is 19.5 Å². The Morgan fingerprint density at radius 2 is 1.77 bits per heavy atom. The van der Waals surface area contributed by atoms with Gasteiger partial charge in [-0.1, -0.05) is 72.8 Å². The predicted molar refractivity (Wildman–Crippen MR) is 108 cm³/mol. The van der Waals surface area contributed by atoms with Gasteiger partial charge in [0, 0.05) is 5.57 Å². The SMILES string of the molecule is O=C([O-])/C(C/C=C/c1ccccc1)=C1/O[C@@H]2CC(=O)N2C1C(=O)OCc1ccccc1. The average molecular weight is 418 g/mol. The summed E-state index contributed by atoms with van der Waals surface area (Å²) in [5.41, 5.74) is 1.49.